The van der Waals surface area contributed by atoms with E-state index in [0.29, 0.717) is 12.4 Å². The van der Waals surface area contributed by atoms with E-state index in [1.54, 1.807) is 12.3 Å². The normalized spacial score (nSPS) is 20.8. The average Bonchev–Trinajstić information content (AvgIpc) is 2.56. The van der Waals surface area contributed by atoms with Gasteiger partial charge in [0.25, 0.3) is 0 Å². The van der Waals surface area contributed by atoms with Crippen molar-refractivity contribution in [3.05, 3.63) is 29.4 Å². The minimum absolute atomic E-state index is 0.335. The van der Waals surface area contributed by atoms with E-state index < -0.39 is 0 Å². The smallest absolute Gasteiger partial charge is 0.400 e. The van der Waals surface area contributed by atoms with Crippen LogP contribution in [0.25, 0.3) is 6.08 Å². The largest absolute Gasteiger partial charge is 0.487 e. The molecular formula is C14H22BN3O2. The molecule has 4 N–H and O–H groups in total. The van der Waals surface area contributed by atoms with Gasteiger partial charge in [0.2, 0.25) is 0 Å². The molecule has 1 aromatic rings. The molecule has 0 radical (unpaired) electrons. The summed E-state index contributed by atoms with van der Waals surface area (Å²) in [6.45, 7) is 8.51. The van der Waals surface area contributed by atoms with E-state index in [4.69, 9.17) is 20.8 Å². The molecule has 2 heterocycles. The van der Waals surface area contributed by atoms with Gasteiger partial charge in [-0.3, -0.25) is 0 Å². The van der Waals surface area contributed by atoms with Crippen LogP contribution in [0, 0.1) is 0 Å². The molecule has 0 amide bonds. The van der Waals surface area contributed by atoms with Gasteiger partial charge in [-0.15, -0.1) is 0 Å². The highest BCUT2D eigenvalue weighted by molar-refractivity contribution is 6.52. The zero-order chi connectivity index (χ0) is 15.0. The van der Waals surface area contributed by atoms with E-state index in [-0.39, 0.29) is 18.3 Å². The van der Waals surface area contributed by atoms with Gasteiger partial charge in [0, 0.05) is 12.7 Å². The minimum Gasteiger partial charge on any atom is -0.400 e. The summed E-state index contributed by atoms with van der Waals surface area (Å²) >= 11 is 0. The first-order valence-electron chi connectivity index (χ1n) is 6.73. The molecule has 0 bridgehead atoms. The molecule has 1 aliphatic rings. The number of aromatic nitrogens is 1. The molecule has 0 aliphatic carbocycles. The van der Waals surface area contributed by atoms with Crippen LogP contribution in [-0.2, 0) is 15.9 Å². The van der Waals surface area contributed by atoms with E-state index in [2.05, 4.69) is 4.98 Å². The van der Waals surface area contributed by atoms with E-state index in [1.165, 1.54) is 0 Å². The molecule has 0 saturated carbocycles. The lowest BCUT2D eigenvalue weighted by atomic mass is 9.89. The van der Waals surface area contributed by atoms with Crippen molar-refractivity contribution in [2.24, 2.45) is 5.73 Å². The van der Waals surface area contributed by atoms with Gasteiger partial charge in [0.05, 0.1) is 11.2 Å². The van der Waals surface area contributed by atoms with Gasteiger partial charge >= 0.3 is 7.12 Å². The molecule has 1 fully saturated rings. The number of nitrogens with two attached hydrogens (primary N) is 2. The first-order chi connectivity index (χ1) is 9.25. The molecule has 2 rings (SSSR count). The summed E-state index contributed by atoms with van der Waals surface area (Å²) in [6.07, 6.45) is 3.62. The van der Waals surface area contributed by atoms with E-state index >= 15 is 0 Å². The van der Waals surface area contributed by atoms with Gasteiger partial charge in [-0.1, -0.05) is 12.1 Å². The Morgan fingerprint density at radius 3 is 2.40 bits per heavy atom. The SMILES string of the molecule is CC1(C)OB(/C=C/c2cnc(N)cc2CN)OC1(C)C. The highest BCUT2D eigenvalue weighted by Gasteiger charge is 2.49. The zero-order valence-corrected chi connectivity index (χ0v) is 12.5. The van der Waals surface area contributed by atoms with Gasteiger partial charge in [0.1, 0.15) is 5.82 Å². The first kappa shape index (κ1) is 15.0. The summed E-state index contributed by atoms with van der Waals surface area (Å²) in [5, 5.41) is 0. The van der Waals surface area contributed by atoms with Gasteiger partial charge in [-0.2, -0.15) is 0 Å². The van der Waals surface area contributed by atoms with Crippen molar-refractivity contribution in [1.82, 2.24) is 4.98 Å². The number of anilines is 1. The third kappa shape index (κ3) is 2.87. The fourth-order valence-corrected chi connectivity index (χ4v) is 2.00. The maximum Gasteiger partial charge on any atom is 0.487 e. The molecule has 0 atom stereocenters. The summed E-state index contributed by atoms with van der Waals surface area (Å²) in [5.74, 6) is 2.35. The zero-order valence-electron chi connectivity index (χ0n) is 12.5. The van der Waals surface area contributed by atoms with Crippen LogP contribution in [0.1, 0.15) is 38.8 Å². The van der Waals surface area contributed by atoms with Crippen LogP contribution in [-0.4, -0.2) is 23.3 Å². The molecule has 0 aromatic carbocycles. The maximum atomic E-state index is 5.90. The van der Waals surface area contributed by atoms with Gasteiger partial charge in [-0.25, -0.2) is 4.98 Å². The van der Waals surface area contributed by atoms with Crippen molar-refractivity contribution >= 4 is 19.0 Å². The number of nitrogen functional groups attached to an aromatic ring is 1. The van der Waals surface area contributed by atoms with Crippen molar-refractivity contribution in [1.29, 1.82) is 0 Å². The lowest BCUT2D eigenvalue weighted by molar-refractivity contribution is 0.00578. The number of hydrogen-bond acceptors (Lipinski definition) is 5. The second-order valence-corrected chi connectivity index (χ2v) is 6.00. The fraction of sp³-hybridized carbons (Fsp3) is 0.500. The van der Waals surface area contributed by atoms with Crippen LogP contribution < -0.4 is 11.5 Å². The Kier molecular flexibility index (Phi) is 3.91. The summed E-state index contributed by atoms with van der Waals surface area (Å²) in [6, 6.07) is 1.78. The van der Waals surface area contributed by atoms with Crippen molar-refractivity contribution < 1.29 is 9.31 Å². The molecule has 0 unspecified atom stereocenters. The third-order valence-electron chi connectivity index (χ3n) is 3.97. The number of rotatable bonds is 3. The topological polar surface area (TPSA) is 83.4 Å². The minimum atomic E-state index is -0.372. The van der Waals surface area contributed by atoms with Crippen LogP contribution in [0.3, 0.4) is 0 Å². The third-order valence-corrected chi connectivity index (χ3v) is 3.97. The van der Waals surface area contributed by atoms with Gasteiger partial charge in [0.15, 0.2) is 0 Å². The van der Waals surface area contributed by atoms with Crippen LogP contribution in [0.5, 0.6) is 0 Å². The number of nitrogens with zero attached hydrogens (tertiary/aromatic N) is 1. The molecule has 1 aliphatic heterocycles. The van der Waals surface area contributed by atoms with Crippen molar-refractivity contribution in [3.8, 4) is 0 Å². The molecule has 20 heavy (non-hydrogen) atoms. The number of pyridine rings is 1. The lowest BCUT2D eigenvalue weighted by Crippen LogP contribution is -2.41. The van der Waals surface area contributed by atoms with Crippen molar-refractivity contribution in [2.45, 2.75) is 45.4 Å². The second kappa shape index (κ2) is 5.20. The Bertz CT molecular complexity index is 513. The molecule has 1 aromatic heterocycles. The van der Waals surface area contributed by atoms with Crippen LogP contribution >= 0.6 is 0 Å². The Balaban J connectivity index is 2.16. The standard InChI is InChI=1S/C14H22BN3O2/c1-13(2)14(3,4)20-15(19-13)6-5-10-9-18-12(17)7-11(10)8-16/h5-7,9H,8,16H2,1-4H3,(H2,17,18)/b6-5+. The molecule has 1 saturated heterocycles. The highest BCUT2D eigenvalue weighted by atomic mass is 16.7. The molecule has 5 nitrogen and oxygen atoms in total. The molecule has 0 spiro atoms. The Hall–Kier alpha value is -1.37. The lowest BCUT2D eigenvalue weighted by Gasteiger charge is -2.32. The fourth-order valence-electron chi connectivity index (χ4n) is 2.00. The van der Waals surface area contributed by atoms with E-state index in [1.807, 2.05) is 39.7 Å². The molecule has 6 heteroatoms. The Labute approximate surface area is 120 Å². The van der Waals surface area contributed by atoms with Gasteiger partial charge < -0.3 is 20.8 Å². The van der Waals surface area contributed by atoms with Gasteiger partial charge in [-0.05, 0) is 44.9 Å². The predicted octanol–water partition coefficient (Wildman–Crippen LogP) is 1.77. The Morgan fingerprint density at radius 1 is 1.25 bits per heavy atom. The van der Waals surface area contributed by atoms with Crippen LogP contribution in [0.4, 0.5) is 5.82 Å². The van der Waals surface area contributed by atoms with E-state index in [0.717, 1.165) is 11.1 Å². The van der Waals surface area contributed by atoms with Crippen molar-refractivity contribution in [3.63, 3.8) is 0 Å². The summed E-state index contributed by atoms with van der Waals surface area (Å²) < 4.78 is 11.8. The summed E-state index contributed by atoms with van der Waals surface area (Å²) in [7, 11) is -0.372. The summed E-state index contributed by atoms with van der Waals surface area (Å²) in [4.78, 5) is 4.08. The summed E-state index contributed by atoms with van der Waals surface area (Å²) in [5.41, 5.74) is 12.6. The Morgan fingerprint density at radius 2 is 1.85 bits per heavy atom. The highest BCUT2D eigenvalue weighted by Crippen LogP contribution is 2.37. The monoisotopic (exact) mass is 275 g/mol. The van der Waals surface area contributed by atoms with E-state index in [9.17, 15) is 0 Å². The average molecular weight is 275 g/mol. The predicted molar refractivity (Wildman–Crippen MR) is 81.7 cm³/mol. The first-order valence-corrected chi connectivity index (χ1v) is 6.73. The van der Waals surface area contributed by atoms with Crippen LogP contribution in [0.15, 0.2) is 18.2 Å². The van der Waals surface area contributed by atoms with Crippen LogP contribution in [0.2, 0.25) is 0 Å². The molecular weight excluding hydrogens is 253 g/mol. The quantitative estimate of drug-likeness (QED) is 0.821. The second-order valence-electron chi connectivity index (χ2n) is 6.00. The maximum absolute atomic E-state index is 5.90. The number of hydrogen-bond donors (Lipinski definition) is 2. The van der Waals surface area contributed by atoms with Crippen molar-refractivity contribution in [2.75, 3.05) is 5.73 Å². The molecule has 108 valence electrons.